The van der Waals surface area contributed by atoms with E-state index in [0.717, 1.165) is 10.8 Å². The van der Waals surface area contributed by atoms with Crippen molar-refractivity contribution in [2.45, 2.75) is 6.92 Å². The van der Waals surface area contributed by atoms with Gasteiger partial charge in [-0.15, -0.1) is 0 Å². The molecule has 0 unspecified atom stereocenters. The minimum atomic E-state index is -0.534. The molecule has 1 aromatic heterocycles. The van der Waals surface area contributed by atoms with Crippen LogP contribution in [0.25, 0.3) is 0 Å². The molecule has 0 aliphatic carbocycles. The Morgan fingerprint density at radius 1 is 1.67 bits per heavy atom. The highest BCUT2D eigenvalue weighted by molar-refractivity contribution is 5.34. The number of halogens is 1. The van der Waals surface area contributed by atoms with Gasteiger partial charge in [0.1, 0.15) is 17.4 Å². The van der Waals surface area contributed by atoms with E-state index >= 15 is 0 Å². The van der Waals surface area contributed by atoms with Crippen LogP contribution in [0.3, 0.4) is 0 Å². The van der Waals surface area contributed by atoms with Gasteiger partial charge in [0, 0.05) is 18.8 Å². The highest BCUT2D eigenvalue weighted by Gasteiger charge is 2.09. The third-order valence-corrected chi connectivity index (χ3v) is 1.69. The fourth-order valence-corrected chi connectivity index (χ4v) is 0.913. The predicted octanol–water partition coefficient (Wildman–Crippen LogP) is 0.704. The third-order valence-electron chi connectivity index (χ3n) is 1.69. The molecule has 0 saturated carbocycles. The highest BCUT2D eigenvalue weighted by Crippen LogP contribution is 2.05. The molecular weight excluding hydrogens is 159 g/mol. The van der Waals surface area contributed by atoms with Crippen LogP contribution in [0.1, 0.15) is 11.1 Å². The van der Waals surface area contributed by atoms with Crippen molar-refractivity contribution in [3.8, 4) is 6.07 Å². The zero-order valence-electron chi connectivity index (χ0n) is 6.76. The molecule has 62 valence electrons. The summed E-state index contributed by atoms with van der Waals surface area (Å²) in [5.41, 5.74) is -0.477. The van der Waals surface area contributed by atoms with Gasteiger partial charge in [0.05, 0.1) is 0 Å². The quantitative estimate of drug-likeness (QED) is 0.569. The fourth-order valence-electron chi connectivity index (χ4n) is 0.913. The summed E-state index contributed by atoms with van der Waals surface area (Å²) in [7, 11) is 1.41. The van der Waals surface area contributed by atoms with Crippen LogP contribution in [-0.4, -0.2) is 4.57 Å². The van der Waals surface area contributed by atoms with Crippen LogP contribution < -0.4 is 5.56 Å². The lowest BCUT2D eigenvalue weighted by Crippen LogP contribution is -2.21. The van der Waals surface area contributed by atoms with Crippen molar-refractivity contribution in [1.82, 2.24) is 4.57 Å². The van der Waals surface area contributed by atoms with Gasteiger partial charge in [-0.3, -0.25) is 4.79 Å². The van der Waals surface area contributed by atoms with Gasteiger partial charge in [0.15, 0.2) is 0 Å². The van der Waals surface area contributed by atoms with Crippen molar-refractivity contribution in [3.05, 3.63) is 33.5 Å². The smallest absolute Gasteiger partial charge is 0.268 e. The highest BCUT2D eigenvalue weighted by atomic mass is 19.1. The van der Waals surface area contributed by atoms with Gasteiger partial charge in [0.2, 0.25) is 0 Å². The van der Waals surface area contributed by atoms with E-state index in [4.69, 9.17) is 5.26 Å². The summed E-state index contributed by atoms with van der Waals surface area (Å²) in [6, 6.07) is 1.67. The van der Waals surface area contributed by atoms with Gasteiger partial charge in [0.25, 0.3) is 5.56 Å². The molecule has 0 saturated heterocycles. The van der Waals surface area contributed by atoms with Crippen LogP contribution in [0, 0.1) is 24.1 Å². The van der Waals surface area contributed by atoms with Crippen molar-refractivity contribution in [2.24, 2.45) is 7.05 Å². The van der Waals surface area contributed by atoms with Gasteiger partial charge in [-0.25, -0.2) is 4.39 Å². The van der Waals surface area contributed by atoms with Gasteiger partial charge < -0.3 is 4.57 Å². The Kier molecular flexibility index (Phi) is 1.96. The first kappa shape index (κ1) is 8.47. The number of hydrogen-bond donors (Lipinski definition) is 0. The van der Waals surface area contributed by atoms with E-state index in [-0.39, 0.29) is 11.1 Å². The molecule has 0 aliphatic heterocycles. The van der Waals surface area contributed by atoms with Crippen LogP contribution in [0.4, 0.5) is 4.39 Å². The molecule has 0 radical (unpaired) electrons. The maximum atomic E-state index is 12.9. The summed E-state index contributed by atoms with van der Waals surface area (Å²) in [4.78, 5) is 11.1. The molecule has 3 nitrogen and oxygen atoms in total. The monoisotopic (exact) mass is 166 g/mol. The van der Waals surface area contributed by atoms with Crippen LogP contribution in [-0.2, 0) is 7.05 Å². The minimum Gasteiger partial charge on any atom is -0.315 e. The van der Waals surface area contributed by atoms with E-state index in [2.05, 4.69) is 0 Å². The van der Waals surface area contributed by atoms with Crippen molar-refractivity contribution in [3.63, 3.8) is 0 Å². The Bertz CT molecular complexity index is 414. The lowest BCUT2D eigenvalue weighted by Gasteiger charge is -2.01. The second-order valence-corrected chi connectivity index (χ2v) is 2.50. The molecule has 0 aromatic carbocycles. The number of rotatable bonds is 0. The number of nitriles is 1. The standard InChI is InChI=1S/C8H7FN2O/c1-5-6(3-10)8(12)11(2)4-7(5)9/h4H,1-2H3. The fraction of sp³-hybridized carbons (Fsp3) is 0.250. The van der Waals surface area contributed by atoms with Gasteiger partial charge in [-0.2, -0.15) is 5.26 Å². The summed E-state index contributed by atoms with van der Waals surface area (Å²) >= 11 is 0. The van der Waals surface area contributed by atoms with Crippen LogP contribution in [0.15, 0.2) is 11.0 Å². The molecule has 4 heteroatoms. The third kappa shape index (κ3) is 1.10. The molecule has 1 aromatic rings. The van der Waals surface area contributed by atoms with Gasteiger partial charge in [-0.05, 0) is 6.92 Å². The Morgan fingerprint density at radius 2 is 2.25 bits per heavy atom. The van der Waals surface area contributed by atoms with E-state index < -0.39 is 11.4 Å². The lowest BCUT2D eigenvalue weighted by molar-refractivity contribution is 0.594. The normalized spacial score (nSPS) is 9.50. The van der Waals surface area contributed by atoms with E-state index in [9.17, 15) is 9.18 Å². The zero-order chi connectivity index (χ0) is 9.30. The molecule has 12 heavy (non-hydrogen) atoms. The van der Waals surface area contributed by atoms with Crippen LogP contribution in [0.2, 0.25) is 0 Å². The number of aryl methyl sites for hydroxylation is 1. The second kappa shape index (κ2) is 2.78. The van der Waals surface area contributed by atoms with E-state index in [1.165, 1.54) is 14.0 Å². The van der Waals surface area contributed by atoms with Crippen molar-refractivity contribution < 1.29 is 4.39 Å². The van der Waals surface area contributed by atoms with Gasteiger partial charge >= 0.3 is 0 Å². The maximum Gasteiger partial charge on any atom is 0.268 e. The Balaban J connectivity index is 3.68. The molecule has 0 atom stereocenters. The minimum absolute atomic E-state index is 0.112. The molecular formula is C8H7FN2O. The predicted molar refractivity (Wildman–Crippen MR) is 41.1 cm³/mol. The number of pyridine rings is 1. The number of hydrogen-bond acceptors (Lipinski definition) is 2. The number of aromatic nitrogens is 1. The summed E-state index contributed by atoms with van der Waals surface area (Å²) in [6.07, 6.45) is 1.07. The Morgan fingerprint density at radius 3 is 2.75 bits per heavy atom. The lowest BCUT2D eigenvalue weighted by atomic mass is 10.1. The molecule has 0 bridgehead atoms. The molecule has 1 rings (SSSR count). The van der Waals surface area contributed by atoms with Crippen LogP contribution >= 0.6 is 0 Å². The Labute approximate surface area is 68.7 Å². The van der Waals surface area contributed by atoms with E-state index in [1.54, 1.807) is 6.07 Å². The van der Waals surface area contributed by atoms with Crippen molar-refractivity contribution >= 4 is 0 Å². The topological polar surface area (TPSA) is 45.8 Å². The molecule has 0 fully saturated rings. The molecule has 0 aliphatic rings. The molecule has 0 N–H and O–H groups in total. The van der Waals surface area contributed by atoms with E-state index in [0.29, 0.717) is 0 Å². The maximum absolute atomic E-state index is 12.9. The summed E-state index contributed by atoms with van der Waals surface area (Å²) in [5, 5.41) is 8.52. The average Bonchev–Trinajstić information content (AvgIpc) is 2.02. The van der Waals surface area contributed by atoms with Gasteiger partial charge in [-0.1, -0.05) is 0 Å². The second-order valence-electron chi connectivity index (χ2n) is 2.50. The summed E-state index contributed by atoms with van der Waals surface area (Å²) < 4.78 is 14.0. The number of nitrogens with zero attached hydrogens (tertiary/aromatic N) is 2. The largest absolute Gasteiger partial charge is 0.315 e. The van der Waals surface area contributed by atoms with Crippen molar-refractivity contribution in [2.75, 3.05) is 0 Å². The van der Waals surface area contributed by atoms with E-state index in [1.807, 2.05) is 0 Å². The summed E-state index contributed by atoms with van der Waals surface area (Å²) in [6.45, 7) is 1.41. The average molecular weight is 166 g/mol. The SMILES string of the molecule is Cc1c(F)cn(C)c(=O)c1C#N. The molecule has 0 spiro atoms. The zero-order valence-corrected chi connectivity index (χ0v) is 6.76. The first-order valence-electron chi connectivity index (χ1n) is 3.33. The van der Waals surface area contributed by atoms with Crippen LogP contribution in [0.5, 0.6) is 0 Å². The first-order chi connectivity index (χ1) is 5.57. The first-order valence-corrected chi connectivity index (χ1v) is 3.33. The Hall–Kier alpha value is -1.63. The molecule has 0 amide bonds. The summed E-state index contributed by atoms with van der Waals surface area (Å²) in [5.74, 6) is -0.534. The van der Waals surface area contributed by atoms with Crippen molar-refractivity contribution in [1.29, 1.82) is 5.26 Å². The molecule has 1 heterocycles.